The molecule has 1 N–H and O–H groups in total. The zero-order chi connectivity index (χ0) is 14.6. The number of hydrogen-bond acceptors (Lipinski definition) is 4. The molecule has 2 rings (SSSR count). The highest BCUT2D eigenvalue weighted by Crippen LogP contribution is 2.23. The van der Waals surface area contributed by atoms with E-state index in [1.54, 1.807) is 24.3 Å². The van der Waals surface area contributed by atoms with Gasteiger partial charge in [0.2, 0.25) is 5.13 Å². The fourth-order valence-corrected chi connectivity index (χ4v) is 2.28. The van der Waals surface area contributed by atoms with Crippen molar-refractivity contribution in [1.29, 1.82) is 0 Å². The van der Waals surface area contributed by atoms with Crippen LogP contribution in [-0.4, -0.2) is 15.5 Å². The van der Waals surface area contributed by atoms with Crippen LogP contribution in [0.2, 0.25) is 0 Å². The summed E-state index contributed by atoms with van der Waals surface area (Å²) in [7, 11) is 0. The molecule has 20 heavy (non-hydrogen) atoms. The van der Waals surface area contributed by atoms with E-state index in [1.165, 1.54) is 11.5 Å². The number of hydrogen-bond donors (Lipinski definition) is 1. The van der Waals surface area contributed by atoms with Crippen molar-refractivity contribution in [2.45, 2.75) is 32.4 Å². The molecule has 0 aliphatic heterocycles. The predicted molar refractivity (Wildman–Crippen MR) is 73.4 cm³/mol. The van der Waals surface area contributed by atoms with Gasteiger partial charge in [-0.2, -0.15) is 17.5 Å². The quantitative estimate of drug-likeness (QED) is 0.892. The number of nitrogens with one attached hydrogen (secondary N) is 1. The molecule has 0 fully saturated rings. The third-order valence-electron chi connectivity index (χ3n) is 2.69. The highest BCUT2D eigenvalue weighted by molar-refractivity contribution is 7.09. The standard InChI is InChI=1S/C13H14F3N3S/c1-2-11-18-12(20-19-11)17-10-5-3-9(4-6-10)7-8-13(14,15)16/h3-6H,2,7-8H2,1H3,(H,17,18,19). The Kier molecular flexibility index (Phi) is 4.59. The van der Waals surface area contributed by atoms with Gasteiger partial charge in [0.15, 0.2) is 0 Å². The second kappa shape index (κ2) is 6.21. The second-order valence-electron chi connectivity index (χ2n) is 4.31. The molecule has 1 aromatic carbocycles. The topological polar surface area (TPSA) is 37.8 Å². The molecule has 0 radical (unpaired) electrons. The van der Waals surface area contributed by atoms with E-state index in [1.807, 2.05) is 6.92 Å². The Morgan fingerprint density at radius 1 is 1.20 bits per heavy atom. The number of alkyl halides is 3. The first-order valence-electron chi connectivity index (χ1n) is 6.21. The van der Waals surface area contributed by atoms with E-state index in [0.29, 0.717) is 10.7 Å². The van der Waals surface area contributed by atoms with E-state index in [4.69, 9.17) is 0 Å². The van der Waals surface area contributed by atoms with Gasteiger partial charge in [0, 0.05) is 30.1 Å². The second-order valence-corrected chi connectivity index (χ2v) is 5.06. The van der Waals surface area contributed by atoms with E-state index < -0.39 is 12.6 Å². The van der Waals surface area contributed by atoms with E-state index in [9.17, 15) is 13.2 Å². The maximum Gasteiger partial charge on any atom is 0.389 e. The van der Waals surface area contributed by atoms with Crippen LogP contribution in [0, 0.1) is 0 Å². The van der Waals surface area contributed by atoms with Gasteiger partial charge in [-0.15, -0.1) is 0 Å². The van der Waals surface area contributed by atoms with Crippen LogP contribution < -0.4 is 5.32 Å². The maximum absolute atomic E-state index is 12.1. The minimum Gasteiger partial charge on any atom is -0.330 e. The van der Waals surface area contributed by atoms with Crippen molar-refractivity contribution in [1.82, 2.24) is 9.36 Å². The molecule has 2 aromatic rings. The van der Waals surface area contributed by atoms with Crippen LogP contribution in [0.1, 0.15) is 24.7 Å². The SMILES string of the molecule is CCc1nsc(Nc2ccc(CCC(F)(F)F)cc2)n1. The van der Waals surface area contributed by atoms with Crippen molar-refractivity contribution in [2.75, 3.05) is 5.32 Å². The van der Waals surface area contributed by atoms with E-state index in [-0.39, 0.29) is 6.42 Å². The zero-order valence-corrected chi connectivity index (χ0v) is 11.7. The smallest absolute Gasteiger partial charge is 0.330 e. The molecule has 0 aliphatic rings. The van der Waals surface area contributed by atoms with Crippen LogP contribution in [-0.2, 0) is 12.8 Å². The molecule has 0 saturated heterocycles. The zero-order valence-electron chi connectivity index (χ0n) is 10.9. The fourth-order valence-electron chi connectivity index (χ4n) is 1.61. The van der Waals surface area contributed by atoms with Gasteiger partial charge in [0.1, 0.15) is 5.82 Å². The third-order valence-corrected chi connectivity index (χ3v) is 3.35. The van der Waals surface area contributed by atoms with Crippen molar-refractivity contribution >= 4 is 22.4 Å². The van der Waals surface area contributed by atoms with Gasteiger partial charge in [0.25, 0.3) is 0 Å². The Morgan fingerprint density at radius 3 is 2.45 bits per heavy atom. The first-order chi connectivity index (χ1) is 9.46. The molecule has 7 heteroatoms. The lowest BCUT2D eigenvalue weighted by Gasteiger charge is -2.07. The van der Waals surface area contributed by atoms with Gasteiger partial charge >= 0.3 is 6.18 Å². The number of nitrogens with zero attached hydrogens (tertiary/aromatic N) is 2. The Balaban J connectivity index is 1.94. The summed E-state index contributed by atoms with van der Waals surface area (Å²) in [6.07, 6.45) is -4.13. The lowest BCUT2D eigenvalue weighted by Crippen LogP contribution is -2.08. The van der Waals surface area contributed by atoms with Crippen LogP contribution in [0.5, 0.6) is 0 Å². The normalized spacial score (nSPS) is 11.6. The summed E-state index contributed by atoms with van der Waals surface area (Å²) in [5, 5.41) is 3.77. The van der Waals surface area contributed by atoms with Crippen LogP contribution in [0.15, 0.2) is 24.3 Å². The summed E-state index contributed by atoms with van der Waals surface area (Å²) in [6, 6.07) is 6.88. The van der Waals surface area contributed by atoms with Crippen molar-refractivity contribution in [3.05, 3.63) is 35.7 Å². The number of anilines is 2. The van der Waals surface area contributed by atoms with Crippen molar-refractivity contribution in [3.8, 4) is 0 Å². The Hall–Kier alpha value is -1.63. The molecule has 0 aliphatic carbocycles. The van der Waals surface area contributed by atoms with Gasteiger partial charge in [-0.1, -0.05) is 19.1 Å². The van der Waals surface area contributed by atoms with E-state index in [0.717, 1.165) is 17.9 Å². The summed E-state index contributed by atoms with van der Waals surface area (Å²) in [5.41, 5.74) is 1.46. The minimum absolute atomic E-state index is 0.00255. The maximum atomic E-state index is 12.1. The number of aryl methyl sites for hydroxylation is 2. The highest BCUT2D eigenvalue weighted by Gasteiger charge is 2.26. The lowest BCUT2D eigenvalue weighted by molar-refractivity contribution is -0.133. The van der Waals surface area contributed by atoms with Crippen molar-refractivity contribution < 1.29 is 13.2 Å². The Morgan fingerprint density at radius 2 is 1.90 bits per heavy atom. The van der Waals surface area contributed by atoms with Crippen LogP contribution in [0.4, 0.5) is 24.0 Å². The fraction of sp³-hybridized carbons (Fsp3) is 0.385. The molecule has 0 spiro atoms. The summed E-state index contributed by atoms with van der Waals surface area (Å²) in [5.74, 6) is 0.777. The predicted octanol–water partition coefficient (Wildman–Crippen LogP) is 4.34. The molecule has 1 heterocycles. The number of halogens is 3. The molecular formula is C13H14F3N3S. The molecule has 3 nitrogen and oxygen atoms in total. The average Bonchev–Trinajstić information content (AvgIpc) is 2.85. The molecule has 0 unspecified atom stereocenters. The number of rotatable bonds is 5. The Labute approximate surface area is 119 Å². The Bertz CT molecular complexity index is 549. The lowest BCUT2D eigenvalue weighted by atomic mass is 10.1. The van der Waals surface area contributed by atoms with E-state index >= 15 is 0 Å². The first kappa shape index (κ1) is 14.8. The molecule has 0 atom stereocenters. The van der Waals surface area contributed by atoms with E-state index in [2.05, 4.69) is 14.7 Å². The molecule has 108 valence electrons. The van der Waals surface area contributed by atoms with Crippen LogP contribution >= 0.6 is 11.5 Å². The molecule has 1 aromatic heterocycles. The van der Waals surface area contributed by atoms with Crippen LogP contribution in [0.25, 0.3) is 0 Å². The molecular weight excluding hydrogens is 287 g/mol. The monoisotopic (exact) mass is 301 g/mol. The van der Waals surface area contributed by atoms with Crippen molar-refractivity contribution in [2.24, 2.45) is 0 Å². The average molecular weight is 301 g/mol. The van der Waals surface area contributed by atoms with Gasteiger partial charge in [-0.05, 0) is 24.1 Å². The third kappa shape index (κ3) is 4.48. The minimum atomic E-state index is -4.11. The summed E-state index contributed by atoms with van der Waals surface area (Å²) < 4.78 is 40.5. The van der Waals surface area contributed by atoms with Gasteiger partial charge in [-0.3, -0.25) is 0 Å². The number of benzene rings is 1. The highest BCUT2D eigenvalue weighted by atomic mass is 32.1. The number of aromatic nitrogens is 2. The van der Waals surface area contributed by atoms with Gasteiger partial charge < -0.3 is 5.32 Å². The van der Waals surface area contributed by atoms with Crippen LogP contribution in [0.3, 0.4) is 0 Å². The van der Waals surface area contributed by atoms with Gasteiger partial charge in [0.05, 0.1) is 0 Å². The largest absolute Gasteiger partial charge is 0.389 e. The molecule has 0 amide bonds. The first-order valence-corrected chi connectivity index (χ1v) is 6.99. The molecule has 0 saturated carbocycles. The molecule has 0 bridgehead atoms. The van der Waals surface area contributed by atoms with Gasteiger partial charge in [-0.25, -0.2) is 4.98 Å². The van der Waals surface area contributed by atoms with Crippen molar-refractivity contribution in [3.63, 3.8) is 0 Å². The summed E-state index contributed by atoms with van der Waals surface area (Å²) >= 11 is 1.27. The summed E-state index contributed by atoms with van der Waals surface area (Å²) in [6.45, 7) is 1.97. The summed E-state index contributed by atoms with van der Waals surface area (Å²) in [4.78, 5) is 4.26.